The standard InChI is InChI=1S/C26H32N2O5/c1-26(2,3)33-25(30)28-17-22(27-32-19-21-13-8-5-9-14-21)15-10-16-23(28)24(29)31-18-20-11-6-4-7-12-20/h4-9,11-14,23H,10,15-19H2,1-3H3/b27-22-/t23-/m0/s1. The molecule has 1 heterocycles. The maximum Gasteiger partial charge on any atom is 0.411 e. The van der Waals surface area contributed by atoms with Crippen molar-refractivity contribution in [2.45, 2.75) is 64.9 Å². The molecule has 1 aliphatic rings. The third-order valence-electron chi connectivity index (χ3n) is 5.06. The number of esters is 1. The first-order chi connectivity index (χ1) is 15.8. The summed E-state index contributed by atoms with van der Waals surface area (Å²) in [7, 11) is 0. The lowest BCUT2D eigenvalue weighted by Gasteiger charge is -2.31. The minimum absolute atomic E-state index is 0.148. The molecule has 0 radical (unpaired) electrons. The smallest absolute Gasteiger partial charge is 0.411 e. The van der Waals surface area contributed by atoms with Gasteiger partial charge in [0.1, 0.15) is 24.9 Å². The normalized spacial score (nSPS) is 17.8. The van der Waals surface area contributed by atoms with Crippen molar-refractivity contribution in [2.75, 3.05) is 6.54 Å². The monoisotopic (exact) mass is 452 g/mol. The van der Waals surface area contributed by atoms with Crippen LogP contribution in [0.15, 0.2) is 65.8 Å². The summed E-state index contributed by atoms with van der Waals surface area (Å²) >= 11 is 0. The van der Waals surface area contributed by atoms with Crippen LogP contribution in [0.3, 0.4) is 0 Å². The Balaban J connectivity index is 1.70. The Bertz CT molecular complexity index is 938. The molecule has 7 nitrogen and oxygen atoms in total. The van der Waals surface area contributed by atoms with Crippen LogP contribution in [0.5, 0.6) is 0 Å². The van der Waals surface area contributed by atoms with Gasteiger partial charge in [0.2, 0.25) is 0 Å². The van der Waals surface area contributed by atoms with Gasteiger partial charge in [0.25, 0.3) is 0 Å². The Hall–Kier alpha value is -3.35. The molecule has 2 aromatic carbocycles. The Morgan fingerprint density at radius 1 is 0.970 bits per heavy atom. The van der Waals surface area contributed by atoms with E-state index in [9.17, 15) is 9.59 Å². The molecule has 0 spiro atoms. The van der Waals surface area contributed by atoms with Crippen molar-refractivity contribution < 1.29 is 23.9 Å². The van der Waals surface area contributed by atoms with E-state index in [0.717, 1.165) is 11.1 Å². The lowest BCUT2D eigenvalue weighted by Crippen LogP contribution is -2.48. The first-order valence-corrected chi connectivity index (χ1v) is 11.2. The van der Waals surface area contributed by atoms with Crippen LogP contribution in [0, 0.1) is 0 Å². The van der Waals surface area contributed by atoms with E-state index in [0.29, 0.717) is 31.6 Å². The minimum Gasteiger partial charge on any atom is -0.459 e. The van der Waals surface area contributed by atoms with Gasteiger partial charge in [-0.05, 0) is 51.2 Å². The van der Waals surface area contributed by atoms with Gasteiger partial charge >= 0.3 is 12.1 Å². The molecule has 1 aliphatic heterocycles. The Morgan fingerprint density at radius 2 is 1.58 bits per heavy atom. The molecule has 1 atom stereocenters. The van der Waals surface area contributed by atoms with Crippen LogP contribution in [0.2, 0.25) is 0 Å². The first-order valence-electron chi connectivity index (χ1n) is 11.2. The molecule has 2 aromatic rings. The summed E-state index contributed by atoms with van der Waals surface area (Å²) in [5.74, 6) is -0.448. The van der Waals surface area contributed by atoms with E-state index >= 15 is 0 Å². The zero-order valence-electron chi connectivity index (χ0n) is 19.5. The summed E-state index contributed by atoms with van der Waals surface area (Å²) in [5.41, 5.74) is 1.89. The molecule has 0 bridgehead atoms. The fourth-order valence-corrected chi connectivity index (χ4v) is 3.47. The fourth-order valence-electron chi connectivity index (χ4n) is 3.47. The summed E-state index contributed by atoms with van der Waals surface area (Å²) in [6.07, 6.45) is 1.20. The second-order valence-corrected chi connectivity index (χ2v) is 9.03. The first kappa shape index (κ1) is 24.3. The van der Waals surface area contributed by atoms with Crippen LogP contribution in [-0.2, 0) is 32.3 Å². The van der Waals surface area contributed by atoms with Gasteiger partial charge in [0, 0.05) is 0 Å². The van der Waals surface area contributed by atoms with Gasteiger partial charge in [-0.1, -0.05) is 65.8 Å². The summed E-state index contributed by atoms with van der Waals surface area (Å²) in [5, 5.41) is 4.27. The number of rotatable bonds is 6. The van der Waals surface area contributed by atoms with E-state index in [-0.39, 0.29) is 13.2 Å². The third kappa shape index (κ3) is 7.93. The molecule has 1 saturated heterocycles. The number of carbonyl (C=O) groups is 2. The van der Waals surface area contributed by atoms with E-state index in [1.165, 1.54) is 4.90 Å². The fraction of sp³-hybridized carbons (Fsp3) is 0.423. The number of hydrogen-bond donors (Lipinski definition) is 0. The quantitative estimate of drug-likeness (QED) is 0.451. The average Bonchev–Trinajstić information content (AvgIpc) is 3.01. The van der Waals surface area contributed by atoms with Crippen LogP contribution in [0.1, 0.15) is 51.2 Å². The third-order valence-corrected chi connectivity index (χ3v) is 5.06. The average molecular weight is 453 g/mol. The second-order valence-electron chi connectivity index (χ2n) is 9.03. The molecule has 1 amide bonds. The van der Waals surface area contributed by atoms with Gasteiger partial charge in [0.05, 0.1) is 12.3 Å². The highest BCUT2D eigenvalue weighted by Gasteiger charge is 2.36. The van der Waals surface area contributed by atoms with E-state index in [2.05, 4.69) is 5.16 Å². The van der Waals surface area contributed by atoms with E-state index in [1.54, 1.807) is 20.8 Å². The predicted octanol–water partition coefficient (Wildman–Crippen LogP) is 5.09. The number of hydrogen-bond acceptors (Lipinski definition) is 6. The molecular weight excluding hydrogens is 420 g/mol. The molecule has 7 heteroatoms. The number of carbonyl (C=O) groups excluding carboxylic acids is 2. The van der Waals surface area contributed by atoms with Crippen molar-refractivity contribution in [3.63, 3.8) is 0 Å². The second kappa shape index (κ2) is 11.5. The SMILES string of the molecule is CC(C)(C)OC(=O)N1C/C(=N\OCc2ccccc2)CCC[C@H]1C(=O)OCc1ccccc1. The molecule has 3 rings (SSSR count). The van der Waals surface area contributed by atoms with Crippen molar-refractivity contribution in [1.82, 2.24) is 4.90 Å². The summed E-state index contributed by atoms with van der Waals surface area (Å²) in [6.45, 7) is 6.02. The predicted molar refractivity (Wildman–Crippen MR) is 125 cm³/mol. The Labute approximate surface area is 195 Å². The minimum atomic E-state index is -0.745. The van der Waals surface area contributed by atoms with Crippen molar-refractivity contribution in [3.05, 3.63) is 71.8 Å². The van der Waals surface area contributed by atoms with Gasteiger partial charge in [-0.15, -0.1) is 0 Å². The highest BCUT2D eigenvalue weighted by Crippen LogP contribution is 2.21. The molecule has 0 saturated carbocycles. The number of amides is 1. The van der Waals surface area contributed by atoms with E-state index in [1.807, 2.05) is 60.7 Å². The summed E-state index contributed by atoms with van der Waals surface area (Å²) in [6, 6.07) is 18.4. The number of benzene rings is 2. The molecule has 0 unspecified atom stereocenters. The number of oxime groups is 1. The molecule has 0 aliphatic carbocycles. The van der Waals surface area contributed by atoms with Crippen LogP contribution >= 0.6 is 0 Å². The zero-order chi connectivity index (χ0) is 23.7. The van der Waals surface area contributed by atoms with E-state index < -0.39 is 23.7 Å². The summed E-state index contributed by atoms with van der Waals surface area (Å²) < 4.78 is 11.1. The van der Waals surface area contributed by atoms with Crippen molar-refractivity contribution >= 4 is 17.8 Å². The number of nitrogens with zero attached hydrogens (tertiary/aromatic N) is 2. The largest absolute Gasteiger partial charge is 0.459 e. The Kier molecular flexibility index (Phi) is 8.46. The van der Waals surface area contributed by atoms with Gasteiger partial charge in [-0.3, -0.25) is 4.90 Å². The number of ether oxygens (including phenoxy) is 2. The van der Waals surface area contributed by atoms with Crippen molar-refractivity contribution in [2.24, 2.45) is 5.16 Å². The van der Waals surface area contributed by atoms with Crippen LogP contribution in [-0.4, -0.2) is 40.9 Å². The molecule has 1 fully saturated rings. The maximum atomic E-state index is 13.0. The van der Waals surface area contributed by atoms with Crippen LogP contribution < -0.4 is 0 Å². The molecular formula is C26H32N2O5. The molecule has 176 valence electrons. The molecule has 0 N–H and O–H groups in total. The van der Waals surface area contributed by atoms with Gasteiger partial charge in [-0.2, -0.15) is 0 Å². The lowest BCUT2D eigenvalue weighted by molar-refractivity contribution is -0.151. The number of likely N-dealkylation sites (tertiary alicyclic amines) is 1. The maximum absolute atomic E-state index is 13.0. The molecule has 0 aromatic heterocycles. The van der Waals surface area contributed by atoms with Gasteiger partial charge in [-0.25, -0.2) is 9.59 Å². The highest BCUT2D eigenvalue weighted by atomic mass is 16.6. The molecule has 33 heavy (non-hydrogen) atoms. The zero-order valence-corrected chi connectivity index (χ0v) is 19.5. The topological polar surface area (TPSA) is 77.4 Å². The van der Waals surface area contributed by atoms with Crippen LogP contribution in [0.4, 0.5) is 4.79 Å². The lowest BCUT2D eigenvalue weighted by atomic mass is 10.1. The van der Waals surface area contributed by atoms with Crippen molar-refractivity contribution in [3.8, 4) is 0 Å². The van der Waals surface area contributed by atoms with Crippen LogP contribution in [0.25, 0.3) is 0 Å². The van der Waals surface area contributed by atoms with E-state index in [4.69, 9.17) is 14.3 Å². The summed E-state index contributed by atoms with van der Waals surface area (Å²) in [4.78, 5) is 32.9. The van der Waals surface area contributed by atoms with Gasteiger partial charge in [0.15, 0.2) is 0 Å². The van der Waals surface area contributed by atoms with Gasteiger partial charge < -0.3 is 14.3 Å². The highest BCUT2D eigenvalue weighted by molar-refractivity contribution is 5.91. The Morgan fingerprint density at radius 3 is 2.18 bits per heavy atom. The van der Waals surface area contributed by atoms with Crippen molar-refractivity contribution in [1.29, 1.82) is 0 Å².